The van der Waals surface area contributed by atoms with Gasteiger partial charge in [-0.25, -0.2) is 9.79 Å². The van der Waals surface area contributed by atoms with E-state index in [-0.39, 0.29) is 23.9 Å². The van der Waals surface area contributed by atoms with Gasteiger partial charge in [-0.3, -0.25) is 10.2 Å². The van der Waals surface area contributed by atoms with Gasteiger partial charge in [-0.15, -0.1) is 0 Å². The maximum atomic E-state index is 12.7. The zero-order valence-electron chi connectivity index (χ0n) is 14.0. The summed E-state index contributed by atoms with van der Waals surface area (Å²) in [5.41, 5.74) is 3.84. The predicted octanol–water partition coefficient (Wildman–Crippen LogP) is -0.427. The van der Waals surface area contributed by atoms with Crippen molar-refractivity contribution in [2.24, 2.45) is 4.99 Å². The standard InChI is InChI=1S/C16H17N5O3S/c1-19-12-13(20(2)16(19)23)18-21-14(22)11(25-15(21)17-12)8-9-4-6-10(24-3)7-5-9/h4-8,12-13,18H,1-3H3/b11-8-. The molecular weight excluding hydrogens is 342 g/mol. The largest absolute Gasteiger partial charge is 0.497 e. The summed E-state index contributed by atoms with van der Waals surface area (Å²) in [6.45, 7) is 0. The van der Waals surface area contributed by atoms with Crippen LogP contribution < -0.4 is 25.1 Å². The summed E-state index contributed by atoms with van der Waals surface area (Å²) in [5, 5.41) is 0. The van der Waals surface area contributed by atoms with Crippen LogP contribution in [-0.4, -0.2) is 54.0 Å². The van der Waals surface area contributed by atoms with Gasteiger partial charge in [0.05, 0.1) is 11.6 Å². The van der Waals surface area contributed by atoms with Crippen molar-refractivity contribution in [1.82, 2.24) is 14.5 Å². The molecule has 2 aliphatic rings. The Morgan fingerprint density at radius 1 is 1.20 bits per heavy atom. The van der Waals surface area contributed by atoms with Crippen molar-refractivity contribution in [2.45, 2.75) is 12.3 Å². The second kappa shape index (κ2) is 5.62. The van der Waals surface area contributed by atoms with E-state index >= 15 is 0 Å². The number of amides is 2. The lowest BCUT2D eigenvalue weighted by Crippen LogP contribution is -2.54. The SMILES string of the molecule is COc1ccc(/C=c2\sc3n(c2=O)NC2C(N=3)N(C)C(=O)N2C)cc1. The van der Waals surface area contributed by atoms with Crippen LogP contribution in [0.25, 0.3) is 6.08 Å². The quantitative estimate of drug-likeness (QED) is 0.790. The number of fused-ring (bicyclic) bond motifs is 2. The summed E-state index contributed by atoms with van der Waals surface area (Å²) in [6.07, 6.45) is 1.12. The molecule has 0 saturated carbocycles. The number of carbonyl (C=O) groups is 1. The van der Waals surface area contributed by atoms with Gasteiger partial charge in [-0.2, -0.15) is 4.68 Å². The average Bonchev–Trinajstić information content (AvgIpc) is 3.04. The fourth-order valence-electron chi connectivity index (χ4n) is 2.97. The molecule has 3 heterocycles. The van der Waals surface area contributed by atoms with E-state index in [4.69, 9.17) is 4.74 Å². The third kappa shape index (κ3) is 2.39. The molecule has 1 fully saturated rings. The van der Waals surface area contributed by atoms with Crippen LogP contribution in [0.2, 0.25) is 0 Å². The van der Waals surface area contributed by atoms with Gasteiger partial charge in [0.15, 0.2) is 12.3 Å². The van der Waals surface area contributed by atoms with E-state index < -0.39 is 0 Å². The van der Waals surface area contributed by atoms with Crippen molar-refractivity contribution in [1.29, 1.82) is 0 Å². The average molecular weight is 359 g/mol. The molecule has 0 radical (unpaired) electrons. The van der Waals surface area contributed by atoms with Crippen molar-refractivity contribution in [3.63, 3.8) is 0 Å². The molecule has 2 unspecified atom stereocenters. The third-order valence-corrected chi connectivity index (χ3v) is 5.41. The van der Waals surface area contributed by atoms with E-state index in [1.807, 2.05) is 30.3 Å². The maximum Gasteiger partial charge on any atom is 0.323 e. The summed E-state index contributed by atoms with van der Waals surface area (Å²) in [6, 6.07) is 7.35. The highest BCUT2D eigenvalue weighted by Crippen LogP contribution is 2.20. The number of hydrogen-bond donors (Lipinski definition) is 1. The molecule has 1 aromatic heterocycles. The Kier molecular flexibility index (Phi) is 3.53. The van der Waals surface area contributed by atoms with Crippen LogP contribution >= 0.6 is 11.3 Å². The Morgan fingerprint density at radius 3 is 2.60 bits per heavy atom. The van der Waals surface area contributed by atoms with E-state index in [0.717, 1.165) is 11.3 Å². The molecule has 4 rings (SSSR count). The van der Waals surface area contributed by atoms with Crippen molar-refractivity contribution in [3.05, 3.63) is 49.5 Å². The molecule has 0 aliphatic carbocycles. The number of nitrogens with zero attached hydrogens (tertiary/aromatic N) is 4. The molecule has 25 heavy (non-hydrogen) atoms. The fraction of sp³-hybridized carbons (Fsp3) is 0.312. The zero-order chi connectivity index (χ0) is 17.7. The highest BCUT2D eigenvalue weighted by Gasteiger charge is 2.44. The fourth-order valence-corrected chi connectivity index (χ4v) is 3.93. The second-order valence-electron chi connectivity index (χ2n) is 5.93. The second-order valence-corrected chi connectivity index (χ2v) is 6.94. The lowest BCUT2D eigenvalue weighted by atomic mass is 10.2. The molecule has 9 heteroatoms. The number of likely N-dealkylation sites (N-methyl/N-ethyl adjacent to an activating group) is 2. The number of urea groups is 1. The Labute approximate surface area is 147 Å². The highest BCUT2D eigenvalue weighted by atomic mass is 32.1. The molecule has 1 aromatic carbocycles. The summed E-state index contributed by atoms with van der Waals surface area (Å²) >= 11 is 1.30. The van der Waals surface area contributed by atoms with Crippen molar-refractivity contribution >= 4 is 23.4 Å². The third-order valence-electron chi connectivity index (χ3n) is 4.42. The predicted molar refractivity (Wildman–Crippen MR) is 93.8 cm³/mol. The monoisotopic (exact) mass is 359 g/mol. The van der Waals surface area contributed by atoms with Gasteiger partial charge >= 0.3 is 6.03 Å². The van der Waals surface area contributed by atoms with Crippen LogP contribution in [0, 0.1) is 0 Å². The van der Waals surface area contributed by atoms with Gasteiger partial charge in [0.1, 0.15) is 5.75 Å². The normalized spacial score (nSPS) is 22.4. The number of ether oxygens (including phenoxy) is 1. The number of thiazole rings is 1. The van der Waals surface area contributed by atoms with Gasteiger partial charge in [0, 0.05) is 14.1 Å². The van der Waals surface area contributed by atoms with Gasteiger partial charge in [0.25, 0.3) is 5.56 Å². The number of nitrogens with one attached hydrogen (secondary N) is 1. The molecule has 2 amide bonds. The minimum atomic E-state index is -0.355. The van der Waals surface area contributed by atoms with Crippen LogP contribution in [0.15, 0.2) is 34.1 Å². The van der Waals surface area contributed by atoms with Gasteiger partial charge in [0.2, 0.25) is 4.80 Å². The number of benzene rings is 1. The first-order chi connectivity index (χ1) is 12.0. The van der Waals surface area contributed by atoms with Crippen molar-refractivity contribution in [3.8, 4) is 5.75 Å². The molecule has 1 N–H and O–H groups in total. The van der Waals surface area contributed by atoms with Gasteiger partial charge < -0.3 is 14.5 Å². The van der Waals surface area contributed by atoms with E-state index in [9.17, 15) is 9.59 Å². The smallest absolute Gasteiger partial charge is 0.323 e. The molecule has 2 atom stereocenters. The number of carbonyl (C=O) groups excluding carboxylic acids is 1. The molecule has 8 nitrogen and oxygen atoms in total. The van der Waals surface area contributed by atoms with Crippen molar-refractivity contribution < 1.29 is 9.53 Å². The Balaban J connectivity index is 1.78. The topological polar surface area (TPSA) is 79.2 Å². The Bertz CT molecular complexity index is 1010. The molecule has 2 aliphatic heterocycles. The van der Waals surface area contributed by atoms with E-state index in [1.54, 1.807) is 31.0 Å². The Hall–Kier alpha value is -2.81. The van der Waals surface area contributed by atoms with Crippen LogP contribution in [0.3, 0.4) is 0 Å². The lowest BCUT2D eigenvalue weighted by molar-refractivity contribution is 0.200. The first kappa shape index (κ1) is 15.7. The first-order valence-corrected chi connectivity index (χ1v) is 8.53. The number of aromatic nitrogens is 1. The van der Waals surface area contributed by atoms with E-state index in [0.29, 0.717) is 9.33 Å². The highest BCUT2D eigenvalue weighted by molar-refractivity contribution is 7.07. The summed E-state index contributed by atoms with van der Waals surface area (Å²) in [4.78, 5) is 33.0. The lowest BCUT2D eigenvalue weighted by Gasteiger charge is -2.26. The zero-order valence-corrected chi connectivity index (χ0v) is 14.8. The summed E-state index contributed by atoms with van der Waals surface area (Å²) in [5.74, 6) is 0.763. The summed E-state index contributed by atoms with van der Waals surface area (Å²) in [7, 11) is 5.01. The van der Waals surface area contributed by atoms with Crippen LogP contribution in [0.4, 0.5) is 4.79 Å². The first-order valence-electron chi connectivity index (χ1n) is 7.71. The maximum absolute atomic E-state index is 12.7. The number of rotatable bonds is 2. The van der Waals surface area contributed by atoms with Crippen molar-refractivity contribution in [2.75, 3.05) is 26.6 Å². The number of methoxy groups -OCH3 is 1. The van der Waals surface area contributed by atoms with E-state index in [1.165, 1.54) is 16.0 Å². The van der Waals surface area contributed by atoms with Crippen LogP contribution in [0.1, 0.15) is 5.56 Å². The van der Waals surface area contributed by atoms with Crippen LogP contribution in [0.5, 0.6) is 5.75 Å². The van der Waals surface area contributed by atoms with Gasteiger partial charge in [-0.1, -0.05) is 23.5 Å². The van der Waals surface area contributed by atoms with Crippen LogP contribution in [-0.2, 0) is 0 Å². The Morgan fingerprint density at radius 2 is 1.92 bits per heavy atom. The molecular formula is C16H17N5O3S. The molecule has 130 valence electrons. The molecule has 0 spiro atoms. The minimum absolute atomic E-state index is 0.125. The molecule has 1 saturated heterocycles. The number of hydrogen-bond acceptors (Lipinski definition) is 6. The van der Waals surface area contributed by atoms with E-state index in [2.05, 4.69) is 10.4 Å². The molecule has 2 aromatic rings. The minimum Gasteiger partial charge on any atom is -0.497 e. The molecule has 0 bridgehead atoms. The van der Waals surface area contributed by atoms with Gasteiger partial charge in [-0.05, 0) is 23.8 Å². The summed E-state index contributed by atoms with van der Waals surface area (Å²) < 4.78 is 7.14.